The van der Waals surface area contributed by atoms with Crippen LogP contribution in [0.3, 0.4) is 0 Å². The minimum atomic E-state index is 0.200. The highest BCUT2D eigenvalue weighted by Crippen LogP contribution is 2.29. The molecule has 0 radical (unpaired) electrons. The van der Waals surface area contributed by atoms with Crippen molar-refractivity contribution in [1.82, 2.24) is 4.98 Å². The third-order valence-corrected chi connectivity index (χ3v) is 3.27. The van der Waals surface area contributed by atoms with Crippen LogP contribution in [0.15, 0.2) is 45.7 Å². The van der Waals surface area contributed by atoms with Gasteiger partial charge in [-0.3, -0.25) is 4.98 Å². The maximum absolute atomic E-state index is 5.47. The number of hydrogen-bond donors (Lipinski definition) is 0. The Balaban J connectivity index is 2.07. The van der Waals surface area contributed by atoms with E-state index in [9.17, 15) is 0 Å². The first-order chi connectivity index (χ1) is 7.25. The molecule has 0 spiro atoms. The van der Waals surface area contributed by atoms with Crippen LogP contribution in [0, 0.1) is 0 Å². The summed E-state index contributed by atoms with van der Waals surface area (Å²) in [5, 5.41) is 0. The van der Waals surface area contributed by atoms with Crippen LogP contribution >= 0.6 is 31.9 Å². The molecule has 0 saturated heterocycles. The number of furan rings is 1. The molecule has 78 valence electrons. The number of halogens is 2. The third-order valence-electron chi connectivity index (χ3n) is 2.07. The molecule has 2 aromatic heterocycles. The Kier molecular flexibility index (Phi) is 3.59. The SMILES string of the molecule is Brc1ccc(C(Br)Cc2ccncc2)o1. The summed E-state index contributed by atoms with van der Waals surface area (Å²) in [4.78, 5) is 4.18. The molecule has 2 rings (SSSR count). The summed E-state index contributed by atoms with van der Waals surface area (Å²) >= 11 is 6.89. The molecule has 0 amide bonds. The molecule has 0 saturated carbocycles. The lowest BCUT2D eigenvalue weighted by atomic mass is 10.1. The predicted molar refractivity (Wildman–Crippen MR) is 66.0 cm³/mol. The van der Waals surface area contributed by atoms with Gasteiger partial charge < -0.3 is 4.42 Å². The van der Waals surface area contributed by atoms with Crippen molar-refractivity contribution in [2.24, 2.45) is 0 Å². The van der Waals surface area contributed by atoms with Gasteiger partial charge in [-0.25, -0.2) is 0 Å². The number of rotatable bonds is 3. The Labute approximate surface area is 105 Å². The van der Waals surface area contributed by atoms with Gasteiger partial charge in [0.1, 0.15) is 5.76 Å². The molecule has 1 atom stereocenters. The largest absolute Gasteiger partial charge is 0.453 e. The predicted octanol–water partition coefficient (Wildman–Crippen LogP) is 4.12. The molecule has 2 heterocycles. The highest BCUT2D eigenvalue weighted by molar-refractivity contribution is 9.10. The molecule has 1 unspecified atom stereocenters. The van der Waals surface area contributed by atoms with Crippen molar-refractivity contribution in [1.29, 1.82) is 0 Å². The minimum absolute atomic E-state index is 0.200. The quantitative estimate of drug-likeness (QED) is 0.791. The summed E-state index contributed by atoms with van der Waals surface area (Å²) in [5.41, 5.74) is 1.24. The molecule has 0 aromatic carbocycles. The number of pyridine rings is 1. The molecule has 4 heteroatoms. The molecular weight excluding hydrogens is 322 g/mol. The van der Waals surface area contributed by atoms with E-state index in [2.05, 4.69) is 36.8 Å². The van der Waals surface area contributed by atoms with Crippen LogP contribution in [-0.4, -0.2) is 4.98 Å². The van der Waals surface area contributed by atoms with Crippen molar-refractivity contribution in [2.45, 2.75) is 11.2 Å². The van der Waals surface area contributed by atoms with Crippen LogP contribution < -0.4 is 0 Å². The molecule has 0 bridgehead atoms. The van der Waals surface area contributed by atoms with Crippen LogP contribution in [0.2, 0.25) is 0 Å². The topological polar surface area (TPSA) is 26.0 Å². The van der Waals surface area contributed by atoms with E-state index in [1.165, 1.54) is 5.56 Å². The number of hydrogen-bond acceptors (Lipinski definition) is 2. The second kappa shape index (κ2) is 4.94. The highest BCUT2D eigenvalue weighted by atomic mass is 79.9. The standard InChI is InChI=1S/C11H9Br2NO/c12-9(10-1-2-11(13)15-10)7-8-3-5-14-6-4-8/h1-6,9H,7H2. The van der Waals surface area contributed by atoms with Crippen molar-refractivity contribution in [3.8, 4) is 0 Å². The van der Waals surface area contributed by atoms with Gasteiger partial charge in [0.15, 0.2) is 4.67 Å². The van der Waals surface area contributed by atoms with Gasteiger partial charge in [0.2, 0.25) is 0 Å². The first kappa shape index (κ1) is 10.9. The van der Waals surface area contributed by atoms with E-state index in [-0.39, 0.29) is 4.83 Å². The van der Waals surface area contributed by atoms with Gasteiger partial charge in [-0.05, 0) is 52.2 Å². The molecular formula is C11H9Br2NO. The number of alkyl halides is 1. The maximum Gasteiger partial charge on any atom is 0.169 e. The zero-order valence-electron chi connectivity index (χ0n) is 7.86. The lowest BCUT2D eigenvalue weighted by molar-refractivity contribution is 0.485. The van der Waals surface area contributed by atoms with Gasteiger partial charge in [-0.1, -0.05) is 15.9 Å². The normalized spacial score (nSPS) is 12.7. The monoisotopic (exact) mass is 329 g/mol. The molecule has 2 nitrogen and oxygen atoms in total. The van der Waals surface area contributed by atoms with Crippen molar-refractivity contribution >= 4 is 31.9 Å². The summed E-state index contributed by atoms with van der Waals surface area (Å²) in [5.74, 6) is 0.929. The fourth-order valence-corrected chi connectivity index (χ4v) is 2.26. The van der Waals surface area contributed by atoms with E-state index in [1.54, 1.807) is 12.4 Å². The van der Waals surface area contributed by atoms with Crippen molar-refractivity contribution in [3.05, 3.63) is 52.7 Å². The molecule has 0 aliphatic rings. The molecule has 0 N–H and O–H groups in total. The number of aromatic nitrogens is 1. The fraction of sp³-hybridized carbons (Fsp3) is 0.182. The van der Waals surface area contributed by atoms with Crippen LogP contribution in [0.4, 0.5) is 0 Å². The molecule has 15 heavy (non-hydrogen) atoms. The zero-order chi connectivity index (χ0) is 10.7. The molecule has 0 aliphatic carbocycles. The second-order valence-corrected chi connectivity index (χ2v) is 5.06. The van der Waals surface area contributed by atoms with Gasteiger partial charge in [0.25, 0.3) is 0 Å². The van der Waals surface area contributed by atoms with E-state index in [0.29, 0.717) is 0 Å². The van der Waals surface area contributed by atoms with Gasteiger partial charge in [0, 0.05) is 12.4 Å². The Morgan fingerprint density at radius 3 is 2.53 bits per heavy atom. The lowest BCUT2D eigenvalue weighted by Crippen LogP contribution is -1.93. The smallest absolute Gasteiger partial charge is 0.169 e. The fourth-order valence-electron chi connectivity index (χ4n) is 1.32. The summed E-state index contributed by atoms with van der Waals surface area (Å²) in [6.07, 6.45) is 4.49. The van der Waals surface area contributed by atoms with E-state index < -0.39 is 0 Å². The number of nitrogens with zero attached hydrogens (tertiary/aromatic N) is 1. The minimum Gasteiger partial charge on any atom is -0.453 e. The Bertz CT molecular complexity index is 427. The third kappa shape index (κ3) is 2.92. The Morgan fingerprint density at radius 1 is 1.20 bits per heavy atom. The Hall–Kier alpha value is -0.610. The van der Waals surface area contributed by atoms with Gasteiger partial charge in [-0.2, -0.15) is 0 Å². The van der Waals surface area contributed by atoms with Crippen LogP contribution in [0.25, 0.3) is 0 Å². The summed E-state index contributed by atoms with van der Waals surface area (Å²) < 4.78 is 6.23. The summed E-state index contributed by atoms with van der Waals surface area (Å²) in [6, 6.07) is 7.87. The summed E-state index contributed by atoms with van der Waals surface area (Å²) in [6.45, 7) is 0. The average Bonchev–Trinajstić information content (AvgIpc) is 2.66. The van der Waals surface area contributed by atoms with E-state index in [1.807, 2.05) is 24.3 Å². The lowest BCUT2D eigenvalue weighted by Gasteiger charge is -2.06. The van der Waals surface area contributed by atoms with Crippen molar-refractivity contribution in [3.63, 3.8) is 0 Å². The van der Waals surface area contributed by atoms with E-state index in [4.69, 9.17) is 4.42 Å². The van der Waals surface area contributed by atoms with Gasteiger partial charge >= 0.3 is 0 Å². The summed E-state index contributed by atoms with van der Waals surface area (Å²) in [7, 11) is 0. The molecule has 0 fully saturated rings. The van der Waals surface area contributed by atoms with Crippen molar-refractivity contribution in [2.75, 3.05) is 0 Å². The molecule has 2 aromatic rings. The molecule has 0 aliphatic heterocycles. The van der Waals surface area contributed by atoms with Gasteiger partial charge in [0.05, 0.1) is 4.83 Å². The second-order valence-electron chi connectivity index (χ2n) is 3.17. The first-order valence-corrected chi connectivity index (χ1v) is 6.25. The van der Waals surface area contributed by atoms with Gasteiger partial charge in [-0.15, -0.1) is 0 Å². The van der Waals surface area contributed by atoms with Crippen molar-refractivity contribution < 1.29 is 4.42 Å². The Morgan fingerprint density at radius 2 is 1.93 bits per heavy atom. The van der Waals surface area contributed by atoms with Crippen LogP contribution in [-0.2, 0) is 6.42 Å². The highest BCUT2D eigenvalue weighted by Gasteiger charge is 2.12. The van der Waals surface area contributed by atoms with E-state index in [0.717, 1.165) is 16.9 Å². The maximum atomic E-state index is 5.47. The zero-order valence-corrected chi connectivity index (χ0v) is 11.0. The van der Waals surface area contributed by atoms with Crippen LogP contribution in [0.5, 0.6) is 0 Å². The van der Waals surface area contributed by atoms with Crippen LogP contribution in [0.1, 0.15) is 16.2 Å². The van der Waals surface area contributed by atoms with E-state index >= 15 is 0 Å². The first-order valence-electron chi connectivity index (χ1n) is 4.54. The average molecular weight is 331 g/mol.